The van der Waals surface area contributed by atoms with E-state index in [-0.39, 0.29) is 6.61 Å². The number of H-pyrrole nitrogens is 2. The number of imidazole rings is 1. The number of ether oxygens (including phenoxy) is 1. The molecule has 8 heteroatoms. The summed E-state index contributed by atoms with van der Waals surface area (Å²) < 4.78 is 5.55. The molecular weight excluding hydrogens is 382 g/mol. The van der Waals surface area contributed by atoms with E-state index in [2.05, 4.69) is 20.3 Å². The van der Waals surface area contributed by atoms with E-state index < -0.39 is 17.9 Å². The average Bonchev–Trinajstić information content (AvgIpc) is 3.21. The number of nitrogens with one attached hydrogen (secondary N) is 3. The molecule has 2 aromatic heterocycles. The second kappa shape index (κ2) is 8.44. The molecule has 0 bridgehead atoms. The van der Waals surface area contributed by atoms with E-state index in [1.54, 1.807) is 30.3 Å². The molecule has 0 aliphatic carbocycles. The number of rotatable bonds is 7. The number of carbonyl (C=O) groups is 2. The minimum Gasteiger partial charge on any atom is -0.491 e. The molecular formula is C22H20N5O3+. The second-order valence-corrected chi connectivity index (χ2v) is 6.66. The third kappa shape index (κ3) is 4.27. The molecule has 150 valence electrons. The Morgan fingerprint density at radius 2 is 1.87 bits per heavy atom. The Labute approximate surface area is 172 Å². The third-order valence-corrected chi connectivity index (χ3v) is 4.54. The smallest absolute Gasteiger partial charge is 0.252 e. The fraction of sp³-hybridized carbons (Fsp3) is 0.0909. The molecule has 0 spiro atoms. The number of para-hydroxylation sites is 1. The standard InChI is InChI=1S/C22H19N5O3/c23-20(28)19(13-30-16-4-2-1-3-5-16)27-22(29)15-6-7-17-18(12-15)26-21(25-17)14-8-10-24-11-9-14/h1-12,19H,13H2,(H2,23,28)(H,25,26)(H,27,29)/p+1/t19-/m0/s1. The molecule has 2 aromatic carbocycles. The van der Waals surface area contributed by atoms with Crippen molar-refractivity contribution in [1.29, 1.82) is 0 Å². The summed E-state index contributed by atoms with van der Waals surface area (Å²) in [4.78, 5) is 35.2. The number of carbonyl (C=O) groups excluding carboxylic acids is 2. The molecule has 0 aliphatic rings. The molecule has 1 atom stereocenters. The summed E-state index contributed by atoms with van der Waals surface area (Å²) in [5, 5.41) is 2.63. The number of hydrogen-bond donors (Lipinski definition) is 3. The summed E-state index contributed by atoms with van der Waals surface area (Å²) in [5.41, 5.74) is 8.17. The van der Waals surface area contributed by atoms with Gasteiger partial charge in [0.2, 0.25) is 5.91 Å². The minimum absolute atomic E-state index is 0.0629. The lowest BCUT2D eigenvalue weighted by atomic mass is 10.1. The first-order valence-corrected chi connectivity index (χ1v) is 9.34. The van der Waals surface area contributed by atoms with Gasteiger partial charge in [0.1, 0.15) is 24.2 Å². The fourth-order valence-electron chi connectivity index (χ4n) is 2.97. The van der Waals surface area contributed by atoms with Crippen molar-refractivity contribution in [3.63, 3.8) is 0 Å². The van der Waals surface area contributed by atoms with E-state index in [1.165, 1.54) is 0 Å². The van der Waals surface area contributed by atoms with Crippen LogP contribution in [0.2, 0.25) is 0 Å². The SMILES string of the molecule is NC(=O)[C@H](COc1ccccc1)NC(=O)c1ccc2nc(-c3cc[nH+]cc3)[nH]c2c1. The molecule has 5 N–H and O–H groups in total. The van der Waals surface area contributed by atoms with Crippen molar-refractivity contribution in [2.75, 3.05) is 6.61 Å². The summed E-state index contributed by atoms with van der Waals surface area (Å²) >= 11 is 0. The molecule has 30 heavy (non-hydrogen) atoms. The van der Waals surface area contributed by atoms with E-state index in [1.807, 2.05) is 42.7 Å². The highest BCUT2D eigenvalue weighted by molar-refractivity contribution is 6.00. The van der Waals surface area contributed by atoms with Gasteiger partial charge in [0.25, 0.3) is 5.91 Å². The average molecular weight is 402 g/mol. The van der Waals surface area contributed by atoms with E-state index in [0.717, 1.165) is 11.1 Å². The van der Waals surface area contributed by atoms with Gasteiger partial charge in [-0.15, -0.1) is 0 Å². The van der Waals surface area contributed by atoms with Crippen molar-refractivity contribution < 1.29 is 19.3 Å². The maximum Gasteiger partial charge on any atom is 0.252 e. The van der Waals surface area contributed by atoms with Crippen LogP contribution in [0.1, 0.15) is 10.4 Å². The summed E-state index contributed by atoms with van der Waals surface area (Å²) in [6.07, 6.45) is 3.62. The number of benzene rings is 2. The van der Waals surface area contributed by atoms with Crippen molar-refractivity contribution in [1.82, 2.24) is 15.3 Å². The molecule has 2 heterocycles. The predicted molar refractivity (Wildman–Crippen MR) is 110 cm³/mol. The lowest BCUT2D eigenvalue weighted by Gasteiger charge is -2.16. The van der Waals surface area contributed by atoms with Gasteiger partial charge in [-0.05, 0) is 30.3 Å². The molecule has 0 saturated carbocycles. The predicted octanol–water partition coefficient (Wildman–Crippen LogP) is 1.71. The summed E-state index contributed by atoms with van der Waals surface area (Å²) in [5.74, 6) is 0.179. The number of pyridine rings is 1. The van der Waals surface area contributed by atoms with Crippen LogP contribution >= 0.6 is 0 Å². The third-order valence-electron chi connectivity index (χ3n) is 4.54. The van der Waals surface area contributed by atoms with Gasteiger partial charge in [-0.1, -0.05) is 18.2 Å². The van der Waals surface area contributed by atoms with Crippen LogP contribution in [-0.2, 0) is 4.79 Å². The van der Waals surface area contributed by atoms with Gasteiger partial charge >= 0.3 is 0 Å². The number of fused-ring (bicyclic) bond motifs is 1. The number of aromatic amines is 2. The van der Waals surface area contributed by atoms with Gasteiger partial charge in [-0.3, -0.25) is 9.59 Å². The molecule has 0 radical (unpaired) electrons. The lowest BCUT2D eigenvalue weighted by molar-refractivity contribution is -0.377. The Kier molecular flexibility index (Phi) is 5.38. The Morgan fingerprint density at radius 3 is 2.60 bits per heavy atom. The van der Waals surface area contributed by atoms with Crippen LogP contribution in [0.25, 0.3) is 22.4 Å². The van der Waals surface area contributed by atoms with Crippen LogP contribution in [-0.4, -0.2) is 34.4 Å². The number of nitrogens with two attached hydrogens (primary N) is 1. The van der Waals surface area contributed by atoms with Crippen molar-refractivity contribution in [3.05, 3.63) is 78.6 Å². The van der Waals surface area contributed by atoms with Gasteiger partial charge in [0.15, 0.2) is 12.4 Å². The lowest BCUT2D eigenvalue weighted by Crippen LogP contribution is -2.48. The molecule has 0 aliphatic heterocycles. The highest BCUT2D eigenvalue weighted by atomic mass is 16.5. The molecule has 4 aromatic rings. The topological polar surface area (TPSA) is 124 Å². The van der Waals surface area contributed by atoms with Gasteiger partial charge in [-0.2, -0.15) is 0 Å². The van der Waals surface area contributed by atoms with Crippen molar-refractivity contribution >= 4 is 22.8 Å². The second-order valence-electron chi connectivity index (χ2n) is 6.66. The first kappa shape index (κ1) is 19.1. The number of hydrogen-bond acceptors (Lipinski definition) is 4. The van der Waals surface area contributed by atoms with Crippen LogP contribution in [0.15, 0.2) is 73.1 Å². The first-order chi connectivity index (χ1) is 14.6. The number of primary amides is 1. The van der Waals surface area contributed by atoms with Crippen LogP contribution < -0.4 is 20.8 Å². The maximum atomic E-state index is 12.7. The largest absolute Gasteiger partial charge is 0.491 e. The highest BCUT2D eigenvalue weighted by Crippen LogP contribution is 2.20. The van der Waals surface area contributed by atoms with Crippen molar-refractivity contribution in [2.45, 2.75) is 6.04 Å². The summed E-state index contributed by atoms with van der Waals surface area (Å²) in [6, 6.07) is 16.9. The molecule has 8 nitrogen and oxygen atoms in total. The summed E-state index contributed by atoms with van der Waals surface area (Å²) in [6.45, 7) is -0.0629. The number of amides is 2. The van der Waals surface area contributed by atoms with Crippen LogP contribution in [0.3, 0.4) is 0 Å². The van der Waals surface area contributed by atoms with E-state index in [4.69, 9.17) is 10.5 Å². The van der Waals surface area contributed by atoms with Crippen LogP contribution in [0.4, 0.5) is 0 Å². The van der Waals surface area contributed by atoms with Crippen molar-refractivity contribution in [3.8, 4) is 17.1 Å². The maximum absolute atomic E-state index is 12.7. The minimum atomic E-state index is -0.966. The zero-order chi connectivity index (χ0) is 20.9. The highest BCUT2D eigenvalue weighted by Gasteiger charge is 2.20. The normalized spacial score (nSPS) is 11.7. The molecule has 0 unspecified atom stereocenters. The monoisotopic (exact) mass is 402 g/mol. The number of nitrogens with zero attached hydrogens (tertiary/aromatic N) is 1. The van der Waals surface area contributed by atoms with E-state index in [9.17, 15) is 9.59 Å². The number of aromatic nitrogens is 3. The van der Waals surface area contributed by atoms with Gasteiger partial charge in [0, 0.05) is 23.3 Å². The first-order valence-electron chi connectivity index (χ1n) is 9.34. The molecule has 2 amide bonds. The fourth-order valence-corrected chi connectivity index (χ4v) is 2.97. The quantitative estimate of drug-likeness (QED) is 0.435. The van der Waals surface area contributed by atoms with Crippen molar-refractivity contribution in [2.24, 2.45) is 5.73 Å². The van der Waals surface area contributed by atoms with E-state index in [0.29, 0.717) is 22.7 Å². The van der Waals surface area contributed by atoms with Crippen LogP contribution in [0.5, 0.6) is 5.75 Å². The summed E-state index contributed by atoms with van der Waals surface area (Å²) in [7, 11) is 0. The Bertz CT molecular complexity index is 1180. The van der Waals surface area contributed by atoms with E-state index >= 15 is 0 Å². The van der Waals surface area contributed by atoms with Crippen LogP contribution in [0, 0.1) is 0 Å². The van der Waals surface area contributed by atoms with Gasteiger partial charge in [-0.25, -0.2) is 9.97 Å². The van der Waals surface area contributed by atoms with Gasteiger partial charge in [0.05, 0.1) is 11.0 Å². The molecule has 0 saturated heterocycles. The molecule has 4 rings (SSSR count). The Balaban J connectivity index is 1.49. The van der Waals surface area contributed by atoms with Gasteiger partial charge < -0.3 is 20.8 Å². The Morgan fingerprint density at radius 1 is 1.10 bits per heavy atom. The zero-order valence-electron chi connectivity index (χ0n) is 16.0. The molecule has 0 fully saturated rings. The Hall–Kier alpha value is -4.20. The zero-order valence-corrected chi connectivity index (χ0v) is 16.0.